The predicted molar refractivity (Wildman–Crippen MR) is 66.9 cm³/mol. The summed E-state index contributed by atoms with van der Waals surface area (Å²) in [4.78, 5) is 21.8. The Morgan fingerprint density at radius 1 is 1.11 bits per heavy atom. The molecule has 2 aromatic carbocycles. The van der Waals surface area contributed by atoms with Crippen molar-refractivity contribution in [3.05, 3.63) is 64.2 Å². The molecule has 0 fully saturated rings. The Bertz CT molecular complexity index is 626. The van der Waals surface area contributed by atoms with Crippen LogP contribution in [0.15, 0.2) is 48.5 Å². The molecule has 0 spiro atoms. The van der Waals surface area contributed by atoms with Gasteiger partial charge >= 0.3 is 0 Å². The van der Waals surface area contributed by atoms with Gasteiger partial charge in [0.1, 0.15) is 0 Å². The van der Waals surface area contributed by atoms with Crippen molar-refractivity contribution in [2.24, 2.45) is 0 Å². The first-order chi connectivity index (χ1) is 9.08. The van der Waals surface area contributed by atoms with Crippen molar-refractivity contribution in [1.82, 2.24) is 0 Å². The molecule has 0 aliphatic carbocycles. The highest BCUT2D eigenvalue weighted by molar-refractivity contribution is 6.06. The van der Waals surface area contributed by atoms with E-state index in [0.717, 1.165) is 18.2 Å². The summed E-state index contributed by atoms with van der Waals surface area (Å²) in [5.74, 6) is -1.22. The van der Waals surface area contributed by atoms with E-state index >= 15 is 0 Å². The van der Waals surface area contributed by atoms with E-state index in [2.05, 4.69) is 5.32 Å². The molecule has 0 radical (unpaired) electrons. The summed E-state index contributed by atoms with van der Waals surface area (Å²) in [6, 6.07) is 11.6. The van der Waals surface area contributed by atoms with E-state index in [-0.39, 0.29) is 11.3 Å². The van der Waals surface area contributed by atoms with Gasteiger partial charge in [-0.3, -0.25) is 14.9 Å². The van der Waals surface area contributed by atoms with Crippen molar-refractivity contribution >= 4 is 17.3 Å². The molecule has 96 valence electrons. The first kappa shape index (κ1) is 12.6. The van der Waals surface area contributed by atoms with Gasteiger partial charge in [-0.05, 0) is 12.1 Å². The molecule has 6 nitrogen and oxygen atoms in total. The number of rotatable bonds is 3. The number of nitrogens with one attached hydrogen (secondary N) is 1. The summed E-state index contributed by atoms with van der Waals surface area (Å²) in [5.41, 5.74) is -0.0331. The summed E-state index contributed by atoms with van der Waals surface area (Å²) in [6.07, 6.45) is 0. The summed E-state index contributed by atoms with van der Waals surface area (Å²) < 4.78 is 0. The van der Waals surface area contributed by atoms with Crippen LogP contribution in [0.3, 0.4) is 0 Å². The normalized spacial score (nSPS) is 9.89. The van der Waals surface area contributed by atoms with E-state index in [1.54, 1.807) is 30.3 Å². The second-order valence-corrected chi connectivity index (χ2v) is 3.76. The minimum atomic E-state index is -0.667. The maximum atomic E-state index is 11.9. The zero-order valence-corrected chi connectivity index (χ0v) is 9.70. The lowest BCUT2D eigenvalue weighted by Gasteiger charge is -2.12. The lowest BCUT2D eigenvalue weighted by molar-refractivity contribution is -0.385. The van der Waals surface area contributed by atoms with E-state index in [1.165, 1.54) is 0 Å². The van der Waals surface area contributed by atoms with Gasteiger partial charge in [-0.2, -0.15) is 0 Å². The summed E-state index contributed by atoms with van der Waals surface area (Å²) in [7, 11) is 0. The van der Waals surface area contributed by atoms with Crippen molar-refractivity contribution in [3.8, 4) is 5.75 Å². The maximum absolute atomic E-state index is 11.9. The third-order valence-electron chi connectivity index (χ3n) is 2.45. The first-order valence-electron chi connectivity index (χ1n) is 5.40. The third kappa shape index (κ3) is 2.86. The SMILES string of the molecule is O=C(Nc1ccccc1)c1cc([N+](=O)[O-])ccc1[O-]. The van der Waals surface area contributed by atoms with Crippen LogP contribution in [0.1, 0.15) is 10.4 Å². The minimum absolute atomic E-state index is 0.252. The zero-order chi connectivity index (χ0) is 13.8. The van der Waals surface area contributed by atoms with Gasteiger partial charge in [0.15, 0.2) is 0 Å². The van der Waals surface area contributed by atoms with Gasteiger partial charge in [-0.25, -0.2) is 0 Å². The molecule has 0 unspecified atom stereocenters. The fraction of sp³-hybridized carbons (Fsp3) is 0. The number of nitrogens with zero attached hydrogens (tertiary/aromatic N) is 1. The van der Waals surface area contributed by atoms with Gasteiger partial charge in [-0.15, -0.1) is 0 Å². The van der Waals surface area contributed by atoms with Crippen molar-refractivity contribution in [2.45, 2.75) is 0 Å². The van der Waals surface area contributed by atoms with E-state index in [0.29, 0.717) is 5.69 Å². The summed E-state index contributed by atoms with van der Waals surface area (Å²) >= 11 is 0. The zero-order valence-electron chi connectivity index (χ0n) is 9.70. The Morgan fingerprint density at radius 2 is 1.79 bits per heavy atom. The predicted octanol–water partition coefficient (Wildman–Crippen LogP) is 1.92. The summed E-state index contributed by atoms with van der Waals surface area (Å²) in [6.45, 7) is 0. The molecule has 0 atom stereocenters. The molecule has 0 heterocycles. The Morgan fingerprint density at radius 3 is 2.42 bits per heavy atom. The number of hydrogen-bond acceptors (Lipinski definition) is 4. The lowest BCUT2D eigenvalue weighted by Crippen LogP contribution is -2.14. The van der Waals surface area contributed by atoms with Crippen molar-refractivity contribution in [2.75, 3.05) is 5.32 Å². The van der Waals surface area contributed by atoms with Crippen LogP contribution in [0.5, 0.6) is 5.75 Å². The second kappa shape index (κ2) is 5.18. The first-order valence-corrected chi connectivity index (χ1v) is 5.40. The number of nitro benzene ring substituents is 1. The highest BCUT2D eigenvalue weighted by Gasteiger charge is 2.12. The lowest BCUT2D eigenvalue weighted by atomic mass is 10.1. The molecular weight excluding hydrogens is 248 g/mol. The van der Waals surface area contributed by atoms with E-state index in [4.69, 9.17) is 0 Å². The standard InChI is InChI=1S/C13H10N2O4/c16-12-7-6-10(15(18)19)8-11(12)13(17)14-9-4-2-1-3-5-9/h1-8,16H,(H,14,17)/p-1. The van der Waals surface area contributed by atoms with E-state index in [9.17, 15) is 20.0 Å². The Hall–Kier alpha value is -2.89. The van der Waals surface area contributed by atoms with E-state index < -0.39 is 16.6 Å². The number of hydrogen-bond donors (Lipinski definition) is 1. The van der Waals surface area contributed by atoms with Crippen molar-refractivity contribution in [1.29, 1.82) is 0 Å². The van der Waals surface area contributed by atoms with Gasteiger partial charge in [0, 0.05) is 23.4 Å². The number of benzene rings is 2. The molecule has 1 N–H and O–H groups in total. The average Bonchev–Trinajstić information content (AvgIpc) is 2.40. The molecule has 2 rings (SSSR count). The van der Waals surface area contributed by atoms with Gasteiger partial charge in [0.25, 0.3) is 11.6 Å². The minimum Gasteiger partial charge on any atom is -0.872 e. The van der Waals surface area contributed by atoms with Gasteiger partial charge < -0.3 is 10.4 Å². The largest absolute Gasteiger partial charge is 0.872 e. The number of anilines is 1. The molecule has 0 aliphatic heterocycles. The van der Waals surface area contributed by atoms with Crippen molar-refractivity contribution < 1.29 is 14.8 Å². The quantitative estimate of drug-likeness (QED) is 0.671. The Kier molecular flexibility index (Phi) is 3.42. The van der Waals surface area contributed by atoms with Crippen LogP contribution >= 0.6 is 0 Å². The summed E-state index contributed by atoms with van der Waals surface area (Å²) in [5, 5.41) is 24.7. The van der Waals surface area contributed by atoms with Gasteiger partial charge in [0.2, 0.25) is 0 Å². The second-order valence-electron chi connectivity index (χ2n) is 3.76. The fourth-order valence-electron chi connectivity index (χ4n) is 1.53. The smallest absolute Gasteiger partial charge is 0.270 e. The van der Waals surface area contributed by atoms with Crippen LogP contribution < -0.4 is 10.4 Å². The van der Waals surface area contributed by atoms with Crippen LogP contribution in [0.4, 0.5) is 11.4 Å². The molecule has 1 amide bonds. The molecule has 0 aliphatic rings. The molecule has 2 aromatic rings. The molecule has 6 heteroatoms. The number of amides is 1. The Labute approximate surface area is 108 Å². The van der Waals surface area contributed by atoms with Crippen LogP contribution in [-0.2, 0) is 0 Å². The Balaban J connectivity index is 2.28. The van der Waals surface area contributed by atoms with Gasteiger partial charge in [-0.1, -0.05) is 30.0 Å². The van der Waals surface area contributed by atoms with Gasteiger partial charge in [0.05, 0.1) is 4.92 Å². The number of carbonyl (C=O) groups excluding carboxylic acids is 1. The average molecular weight is 257 g/mol. The number of nitro groups is 1. The highest BCUT2D eigenvalue weighted by atomic mass is 16.6. The highest BCUT2D eigenvalue weighted by Crippen LogP contribution is 2.21. The molecule has 19 heavy (non-hydrogen) atoms. The molecular formula is C13H9N2O4-. The number of para-hydroxylation sites is 1. The third-order valence-corrected chi connectivity index (χ3v) is 2.45. The maximum Gasteiger partial charge on any atom is 0.270 e. The van der Waals surface area contributed by atoms with Crippen LogP contribution in [-0.4, -0.2) is 10.8 Å². The molecule has 0 saturated carbocycles. The van der Waals surface area contributed by atoms with Crippen LogP contribution in [0.25, 0.3) is 0 Å². The van der Waals surface area contributed by atoms with E-state index in [1.807, 2.05) is 0 Å². The fourth-order valence-corrected chi connectivity index (χ4v) is 1.53. The molecule has 0 aromatic heterocycles. The molecule has 0 saturated heterocycles. The topological polar surface area (TPSA) is 95.3 Å². The van der Waals surface area contributed by atoms with Crippen LogP contribution in [0.2, 0.25) is 0 Å². The number of carbonyl (C=O) groups is 1. The number of non-ortho nitro benzene ring substituents is 1. The monoisotopic (exact) mass is 257 g/mol. The van der Waals surface area contributed by atoms with Crippen LogP contribution in [0, 0.1) is 10.1 Å². The molecule has 0 bridgehead atoms. The van der Waals surface area contributed by atoms with Crippen molar-refractivity contribution in [3.63, 3.8) is 0 Å².